The molecule has 3 aromatic rings. The van der Waals surface area contributed by atoms with E-state index in [1.807, 2.05) is 0 Å². The van der Waals surface area contributed by atoms with Crippen molar-refractivity contribution in [3.63, 3.8) is 0 Å². The number of rotatable bonds is 4. The van der Waals surface area contributed by atoms with Crippen LogP contribution in [0.5, 0.6) is 0 Å². The molecule has 7 nitrogen and oxygen atoms in total. The first-order valence-electron chi connectivity index (χ1n) is 8.54. The molecule has 0 saturated carbocycles. The van der Waals surface area contributed by atoms with E-state index in [0.717, 1.165) is 5.39 Å². The van der Waals surface area contributed by atoms with E-state index in [1.165, 1.54) is 30.3 Å². The number of benzene rings is 3. The van der Waals surface area contributed by atoms with E-state index in [0.29, 0.717) is 10.3 Å². The number of imide groups is 3. The van der Waals surface area contributed by atoms with Crippen LogP contribution in [0.1, 0.15) is 37.5 Å². The van der Waals surface area contributed by atoms with Gasteiger partial charge in [-0.2, -0.15) is 5.26 Å². The Kier molecular flexibility index (Phi) is 5.47. The molecule has 142 valence electrons. The van der Waals surface area contributed by atoms with Crippen molar-refractivity contribution >= 4 is 34.5 Å². The molecule has 3 amide bonds. The molecule has 0 aromatic heterocycles. The van der Waals surface area contributed by atoms with Gasteiger partial charge in [0.2, 0.25) is 0 Å². The van der Waals surface area contributed by atoms with Crippen molar-refractivity contribution in [2.75, 3.05) is 0 Å². The molecule has 3 aromatic carbocycles. The molecule has 0 fully saturated rings. The lowest BCUT2D eigenvalue weighted by Gasteiger charge is -2.20. The quantitative estimate of drug-likeness (QED) is 0.688. The fourth-order valence-corrected chi connectivity index (χ4v) is 2.97. The van der Waals surface area contributed by atoms with Crippen LogP contribution in [-0.4, -0.2) is 33.7 Å². The number of nitrogens with zero attached hydrogens (tertiary/aromatic N) is 2. The minimum Gasteiger partial charge on any atom is -0.478 e. The second kappa shape index (κ2) is 8.15. The van der Waals surface area contributed by atoms with Crippen LogP contribution in [0.3, 0.4) is 0 Å². The van der Waals surface area contributed by atoms with Gasteiger partial charge in [-0.25, -0.2) is 9.69 Å². The molecule has 0 aliphatic heterocycles. The van der Waals surface area contributed by atoms with E-state index in [2.05, 4.69) is 0 Å². The van der Waals surface area contributed by atoms with Crippen molar-refractivity contribution in [1.29, 1.82) is 5.26 Å². The number of carbonyl (C=O) groups excluding carboxylic acids is 3. The number of aromatic carboxylic acids is 1. The summed E-state index contributed by atoms with van der Waals surface area (Å²) in [5, 5.41) is 19.5. The summed E-state index contributed by atoms with van der Waals surface area (Å²) in [6.45, 7) is 0. The monoisotopic (exact) mass is 386 g/mol. The molecule has 0 saturated heterocycles. The van der Waals surface area contributed by atoms with Gasteiger partial charge in [-0.3, -0.25) is 14.4 Å². The van der Waals surface area contributed by atoms with Crippen LogP contribution in [0, 0.1) is 11.3 Å². The van der Waals surface area contributed by atoms with Crippen molar-refractivity contribution in [3.8, 4) is 6.07 Å². The highest BCUT2D eigenvalue weighted by Crippen LogP contribution is 2.22. The van der Waals surface area contributed by atoms with Crippen molar-refractivity contribution in [1.82, 2.24) is 4.90 Å². The Balaban J connectivity index is 2.15. The van der Waals surface area contributed by atoms with Crippen LogP contribution in [0.15, 0.2) is 66.7 Å². The highest BCUT2D eigenvalue weighted by atomic mass is 16.4. The van der Waals surface area contributed by atoms with E-state index in [4.69, 9.17) is 5.26 Å². The second-order valence-corrected chi connectivity index (χ2v) is 6.05. The summed E-state index contributed by atoms with van der Waals surface area (Å²) in [5.41, 5.74) is -0.576. The number of carboxylic acid groups (broad SMARTS) is 1. The van der Waals surface area contributed by atoms with Gasteiger partial charge in [-0.1, -0.05) is 48.5 Å². The van der Waals surface area contributed by atoms with Gasteiger partial charge in [0.25, 0.3) is 17.7 Å². The van der Waals surface area contributed by atoms with Crippen LogP contribution in [-0.2, 0) is 4.79 Å². The maximum absolute atomic E-state index is 13.2. The number of carboxylic acids is 1. The van der Waals surface area contributed by atoms with Gasteiger partial charge in [-0.15, -0.1) is 0 Å². The zero-order valence-corrected chi connectivity index (χ0v) is 15.0. The molecule has 0 radical (unpaired) electrons. The van der Waals surface area contributed by atoms with Gasteiger partial charge in [-0.05, 0) is 29.0 Å². The molecule has 3 rings (SSSR count). The number of amides is 3. The first kappa shape index (κ1) is 19.5. The number of fused-ring (bicyclic) bond motifs is 1. The third kappa shape index (κ3) is 3.73. The average Bonchev–Trinajstić information content (AvgIpc) is 2.73. The Labute approximate surface area is 165 Å². The Morgan fingerprint density at radius 3 is 2.03 bits per heavy atom. The SMILES string of the molecule is N#CCC(=O)N(C(=O)c1ccccc1C(=O)O)C(=O)c1cccc2ccccc12. The average molecular weight is 386 g/mol. The predicted molar refractivity (Wildman–Crippen MR) is 103 cm³/mol. The number of hydrogen-bond donors (Lipinski definition) is 1. The third-order valence-electron chi connectivity index (χ3n) is 4.29. The molecular weight excluding hydrogens is 372 g/mol. The van der Waals surface area contributed by atoms with E-state index in [1.54, 1.807) is 42.5 Å². The molecule has 1 N–H and O–H groups in total. The highest BCUT2D eigenvalue weighted by Gasteiger charge is 2.33. The zero-order chi connectivity index (χ0) is 21.0. The van der Waals surface area contributed by atoms with Crippen LogP contribution in [0.2, 0.25) is 0 Å². The predicted octanol–water partition coefficient (Wildman–Crippen LogP) is 3.26. The van der Waals surface area contributed by atoms with E-state index < -0.39 is 30.1 Å². The third-order valence-corrected chi connectivity index (χ3v) is 4.29. The minimum atomic E-state index is -1.38. The summed E-state index contributed by atoms with van der Waals surface area (Å²) in [6, 6.07) is 18.7. The molecule has 0 atom stereocenters. The standard InChI is InChI=1S/C22H14N2O5/c23-13-12-19(25)24(21(27)17-9-3-4-10-18(17)22(28)29)20(26)16-11-5-7-14-6-1-2-8-15(14)16/h1-11H,12H2,(H,28,29). The summed E-state index contributed by atoms with van der Waals surface area (Å²) in [7, 11) is 0. The van der Waals surface area contributed by atoms with Gasteiger partial charge in [0.1, 0.15) is 6.42 Å². The number of nitriles is 1. The maximum atomic E-state index is 13.2. The summed E-state index contributed by atoms with van der Waals surface area (Å²) >= 11 is 0. The molecule has 0 aliphatic rings. The summed E-state index contributed by atoms with van der Waals surface area (Å²) < 4.78 is 0. The van der Waals surface area contributed by atoms with Gasteiger partial charge in [0.15, 0.2) is 0 Å². The van der Waals surface area contributed by atoms with Crippen molar-refractivity contribution in [3.05, 3.63) is 83.4 Å². The molecule has 0 unspecified atom stereocenters. The highest BCUT2D eigenvalue weighted by molar-refractivity contribution is 6.24. The fraction of sp³-hybridized carbons (Fsp3) is 0.0455. The largest absolute Gasteiger partial charge is 0.478 e. The minimum absolute atomic E-state index is 0.0931. The van der Waals surface area contributed by atoms with Gasteiger partial charge in [0.05, 0.1) is 17.2 Å². The summed E-state index contributed by atoms with van der Waals surface area (Å²) in [5.74, 6) is -4.43. The molecule has 7 heteroatoms. The topological polar surface area (TPSA) is 116 Å². The Morgan fingerprint density at radius 1 is 0.793 bits per heavy atom. The molecule has 0 heterocycles. The van der Waals surface area contributed by atoms with Crippen LogP contribution in [0.25, 0.3) is 10.8 Å². The molecule has 0 bridgehead atoms. The molecular formula is C22H14N2O5. The van der Waals surface area contributed by atoms with Gasteiger partial charge >= 0.3 is 5.97 Å². The Bertz CT molecular complexity index is 1190. The van der Waals surface area contributed by atoms with E-state index in [-0.39, 0.29) is 16.7 Å². The smallest absolute Gasteiger partial charge is 0.336 e. The number of carbonyl (C=O) groups is 4. The van der Waals surface area contributed by atoms with Gasteiger partial charge < -0.3 is 5.11 Å². The molecule has 0 spiro atoms. The van der Waals surface area contributed by atoms with Crippen molar-refractivity contribution in [2.24, 2.45) is 0 Å². The van der Waals surface area contributed by atoms with Crippen molar-refractivity contribution < 1.29 is 24.3 Å². The van der Waals surface area contributed by atoms with Crippen molar-refractivity contribution in [2.45, 2.75) is 6.42 Å². The summed E-state index contributed by atoms with van der Waals surface area (Å²) in [6.07, 6.45) is -0.711. The van der Waals surface area contributed by atoms with Gasteiger partial charge in [0, 0.05) is 5.56 Å². The second-order valence-electron chi connectivity index (χ2n) is 6.05. The number of hydrogen-bond acceptors (Lipinski definition) is 5. The van der Waals surface area contributed by atoms with E-state index >= 15 is 0 Å². The summed E-state index contributed by atoms with van der Waals surface area (Å²) in [4.78, 5) is 50.6. The molecule has 29 heavy (non-hydrogen) atoms. The lowest BCUT2D eigenvalue weighted by molar-refractivity contribution is -0.125. The van der Waals surface area contributed by atoms with Crippen LogP contribution < -0.4 is 0 Å². The first-order chi connectivity index (χ1) is 14.0. The van der Waals surface area contributed by atoms with E-state index in [9.17, 15) is 24.3 Å². The lowest BCUT2D eigenvalue weighted by Crippen LogP contribution is -2.42. The zero-order valence-electron chi connectivity index (χ0n) is 15.0. The lowest BCUT2D eigenvalue weighted by atomic mass is 10.0. The first-order valence-corrected chi connectivity index (χ1v) is 8.54. The van der Waals surface area contributed by atoms with Crippen LogP contribution >= 0.6 is 0 Å². The fourth-order valence-electron chi connectivity index (χ4n) is 2.97. The normalized spacial score (nSPS) is 10.2. The molecule has 0 aliphatic carbocycles. The maximum Gasteiger partial charge on any atom is 0.336 e. The Hall–Kier alpha value is -4.31. The Morgan fingerprint density at radius 2 is 1.34 bits per heavy atom. The van der Waals surface area contributed by atoms with Crippen LogP contribution in [0.4, 0.5) is 0 Å².